The molecule has 0 fully saturated rings. The third kappa shape index (κ3) is 2.41. The van der Waals surface area contributed by atoms with E-state index in [0.717, 1.165) is 20.6 Å². The summed E-state index contributed by atoms with van der Waals surface area (Å²) < 4.78 is 0.953. The summed E-state index contributed by atoms with van der Waals surface area (Å²) >= 11 is 5.03. The molecular weight excluding hydrogens is 334 g/mol. The van der Waals surface area contributed by atoms with Gasteiger partial charge >= 0.3 is 0 Å². The Balaban J connectivity index is 1.81. The molecule has 0 saturated heterocycles. The lowest BCUT2D eigenvalue weighted by atomic mass is 10.1. The number of thioether (sulfide) groups is 1. The maximum absolute atomic E-state index is 12.4. The van der Waals surface area contributed by atoms with E-state index in [0.29, 0.717) is 5.70 Å². The Kier molecular flexibility index (Phi) is 3.68. The van der Waals surface area contributed by atoms with Gasteiger partial charge in [-0.25, -0.2) is 0 Å². The molecule has 100 valence electrons. The van der Waals surface area contributed by atoms with E-state index >= 15 is 0 Å². The molecule has 4 heteroatoms. The number of hydrogen-bond donors (Lipinski definition) is 1. The molecule has 0 aromatic heterocycles. The van der Waals surface area contributed by atoms with Gasteiger partial charge < -0.3 is 5.32 Å². The predicted molar refractivity (Wildman–Crippen MR) is 87.3 cm³/mol. The lowest BCUT2D eigenvalue weighted by Gasteiger charge is -2.15. The Hall–Kier alpha value is -1.52. The fourth-order valence-corrected chi connectivity index (χ4v) is 3.65. The second kappa shape index (κ2) is 5.46. The number of rotatable bonds is 3. The molecule has 1 aliphatic rings. The van der Waals surface area contributed by atoms with Crippen LogP contribution in [0.5, 0.6) is 0 Å². The smallest absolute Gasteiger partial charge is 0.183 e. The van der Waals surface area contributed by atoms with Crippen molar-refractivity contribution >= 4 is 39.2 Å². The van der Waals surface area contributed by atoms with E-state index in [2.05, 4.69) is 27.8 Å². The van der Waals surface area contributed by atoms with Gasteiger partial charge in [0.15, 0.2) is 5.78 Å². The molecule has 2 aromatic rings. The zero-order chi connectivity index (χ0) is 14.1. The Morgan fingerprint density at radius 2 is 1.85 bits per heavy atom. The van der Waals surface area contributed by atoms with Gasteiger partial charge in [-0.3, -0.25) is 4.79 Å². The molecule has 1 aliphatic heterocycles. The van der Waals surface area contributed by atoms with E-state index in [1.807, 2.05) is 48.5 Å². The lowest BCUT2D eigenvalue weighted by molar-refractivity contribution is 0.100. The average Bonchev–Trinajstić information content (AvgIpc) is 2.79. The van der Waals surface area contributed by atoms with Crippen LogP contribution in [0.25, 0.3) is 0 Å². The first-order valence-electron chi connectivity index (χ1n) is 6.17. The first-order valence-corrected chi connectivity index (χ1v) is 7.84. The fraction of sp³-hybridized carbons (Fsp3) is 0.0625. The number of para-hydroxylation sites is 1. The summed E-state index contributed by atoms with van der Waals surface area (Å²) in [6.45, 7) is 4.03. The van der Waals surface area contributed by atoms with Crippen LogP contribution < -0.4 is 5.32 Å². The van der Waals surface area contributed by atoms with Crippen molar-refractivity contribution in [3.8, 4) is 0 Å². The quantitative estimate of drug-likeness (QED) is 0.871. The molecule has 20 heavy (non-hydrogen) atoms. The summed E-state index contributed by atoms with van der Waals surface area (Å²) in [5.41, 5.74) is 2.42. The highest BCUT2D eigenvalue weighted by molar-refractivity contribution is 9.10. The summed E-state index contributed by atoms with van der Waals surface area (Å²) in [5, 5.41) is 2.97. The standard InChI is InChI=1S/C16H12BrNOS/c1-10(18-13-8-4-3-7-12(13)17)16-15(19)11-6-2-5-9-14(11)20-16/h2-9,16,18H,1H2/t16-/m0/s1. The second-order valence-electron chi connectivity index (χ2n) is 4.49. The number of nitrogens with one attached hydrogen (secondary N) is 1. The first kappa shape index (κ1) is 13.5. The van der Waals surface area contributed by atoms with Crippen LogP contribution in [0.15, 0.2) is 70.2 Å². The van der Waals surface area contributed by atoms with Crippen molar-refractivity contribution in [2.75, 3.05) is 5.32 Å². The third-order valence-corrected chi connectivity index (χ3v) is 5.16. The van der Waals surface area contributed by atoms with Crippen LogP contribution in [-0.4, -0.2) is 11.0 Å². The summed E-state index contributed by atoms with van der Waals surface area (Å²) in [6.07, 6.45) is 0. The monoisotopic (exact) mass is 345 g/mol. The molecule has 0 saturated carbocycles. The van der Waals surface area contributed by atoms with Crippen LogP contribution in [-0.2, 0) is 0 Å². The van der Waals surface area contributed by atoms with Gasteiger partial charge in [0, 0.05) is 20.6 Å². The lowest BCUT2D eigenvalue weighted by Crippen LogP contribution is -2.19. The molecule has 0 radical (unpaired) electrons. The largest absolute Gasteiger partial charge is 0.357 e. The first-order chi connectivity index (χ1) is 9.66. The molecule has 1 N–H and O–H groups in total. The SMILES string of the molecule is C=C(Nc1ccccc1Br)[C@@H]1Sc2ccccc2C1=O. The van der Waals surface area contributed by atoms with E-state index < -0.39 is 0 Å². The highest BCUT2D eigenvalue weighted by Crippen LogP contribution is 2.40. The molecule has 3 rings (SSSR count). The molecule has 0 spiro atoms. The van der Waals surface area contributed by atoms with Crippen molar-refractivity contribution in [2.45, 2.75) is 10.1 Å². The maximum Gasteiger partial charge on any atom is 0.183 e. The zero-order valence-corrected chi connectivity index (χ0v) is 13.0. The predicted octanol–water partition coefficient (Wildman–Crippen LogP) is 4.73. The molecule has 2 nitrogen and oxygen atoms in total. The number of anilines is 1. The number of fused-ring (bicyclic) bond motifs is 1. The normalized spacial score (nSPS) is 16.9. The van der Waals surface area contributed by atoms with Gasteiger partial charge in [0.2, 0.25) is 0 Å². The van der Waals surface area contributed by atoms with E-state index in [-0.39, 0.29) is 11.0 Å². The van der Waals surface area contributed by atoms with Crippen LogP contribution in [0.4, 0.5) is 5.69 Å². The highest BCUT2D eigenvalue weighted by atomic mass is 79.9. The van der Waals surface area contributed by atoms with E-state index in [1.54, 1.807) is 11.8 Å². The van der Waals surface area contributed by atoms with Crippen molar-refractivity contribution in [1.29, 1.82) is 0 Å². The summed E-state index contributed by atoms with van der Waals surface area (Å²) in [4.78, 5) is 13.4. The Labute approximate surface area is 130 Å². The van der Waals surface area contributed by atoms with Gasteiger partial charge in [0.1, 0.15) is 5.25 Å². The molecule has 0 aliphatic carbocycles. The number of benzene rings is 2. The van der Waals surface area contributed by atoms with Gasteiger partial charge in [-0.05, 0) is 34.1 Å². The van der Waals surface area contributed by atoms with E-state index in [1.165, 1.54) is 0 Å². The number of carbonyl (C=O) groups is 1. The number of carbonyl (C=O) groups excluding carboxylic acids is 1. The number of hydrogen-bond acceptors (Lipinski definition) is 3. The van der Waals surface area contributed by atoms with Crippen molar-refractivity contribution in [2.24, 2.45) is 0 Å². The molecule has 2 aromatic carbocycles. The summed E-state index contributed by atoms with van der Waals surface area (Å²) in [5.74, 6) is 0.121. The molecule has 0 amide bonds. The summed E-state index contributed by atoms with van der Waals surface area (Å²) in [7, 11) is 0. The summed E-state index contributed by atoms with van der Waals surface area (Å²) in [6, 6.07) is 15.5. The fourth-order valence-electron chi connectivity index (χ4n) is 2.13. The maximum atomic E-state index is 12.4. The molecule has 0 unspecified atom stereocenters. The van der Waals surface area contributed by atoms with Crippen LogP contribution in [0.1, 0.15) is 10.4 Å². The van der Waals surface area contributed by atoms with Gasteiger partial charge in [-0.1, -0.05) is 36.9 Å². The van der Waals surface area contributed by atoms with E-state index in [4.69, 9.17) is 0 Å². The Bertz CT molecular complexity index is 698. The minimum Gasteiger partial charge on any atom is -0.357 e. The van der Waals surface area contributed by atoms with Crippen LogP contribution in [0, 0.1) is 0 Å². The van der Waals surface area contributed by atoms with Crippen LogP contribution in [0.2, 0.25) is 0 Å². The number of halogens is 1. The minimum atomic E-state index is -0.264. The number of ketones is 1. The Morgan fingerprint density at radius 1 is 1.15 bits per heavy atom. The second-order valence-corrected chi connectivity index (χ2v) is 6.49. The highest BCUT2D eigenvalue weighted by Gasteiger charge is 2.33. The van der Waals surface area contributed by atoms with Crippen LogP contribution >= 0.6 is 27.7 Å². The zero-order valence-electron chi connectivity index (χ0n) is 10.6. The van der Waals surface area contributed by atoms with Crippen molar-refractivity contribution in [3.63, 3.8) is 0 Å². The van der Waals surface area contributed by atoms with Gasteiger partial charge in [-0.2, -0.15) is 0 Å². The Morgan fingerprint density at radius 3 is 2.60 bits per heavy atom. The molecule has 1 atom stereocenters. The van der Waals surface area contributed by atoms with Gasteiger partial charge in [0.25, 0.3) is 0 Å². The molecular formula is C16H12BrNOS. The number of Topliss-reactive ketones (excluding diaryl/α,β-unsaturated/α-hetero) is 1. The minimum absolute atomic E-state index is 0.121. The van der Waals surface area contributed by atoms with Gasteiger partial charge in [0.05, 0.1) is 5.69 Å². The molecule has 1 heterocycles. The van der Waals surface area contributed by atoms with Crippen molar-refractivity contribution in [1.82, 2.24) is 0 Å². The van der Waals surface area contributed by atoms with E-state index in [9.17, 15) is 4.79 Å². The third-order valence-electron chi connectivity index (χ3n) is 3.12. The van der Waals surface area contributed by atoms with Crippen LogP contribution in [0.3, 0.4) is 0 Å². The van der Waals surface area contributed by atoms with Crippen molar-refractivity contribution < 1.29 is 4.79 Å². The topological polar surface area (TPSA) is 29.1 Å². The molecule has 0 bridgehead atoms. The van der Waals surface area contributed by atoms with Gasteiger partial charge in [-0.15, -0.1) is 11.8 Å². The average molecular weight is 346 g/mol. The van der Waals surface area contributed by atoms with Crippen molar-refractivity contribution in [3.05, 3.63) is 70.8 Å².